The maximum atomic E-state index is 13.9. The van der Waals surface area contributed by atoms with Crippen molar-refractivity contribution in [1.82, 2.24) is 9.80 Å². The minimum atomic E-state index is -0.367. The van der Waals surface area contributed by atoms with Gasteiger partial charge in [0.25, 0.3) is 5.91 Å². The number of hydrogen-bond donors (Lipinski definition) is 1. The second-order valence-electron chi connectivity index (χ2n) is 7.25. The van der Waals surface area contributed by atoms with Crippen LogP contribution >= 0.6 is 0 Å². The minimum Gasteiger partial charge on any atom is -0.494 e. The Morgan fingerprint density at radius 3 is 2.45 bits per heavy atom. The fraction of sp³-hybridized carbons (Fsp3) is 0.364. The van der Waals surface area contributed by atoms with E-state index in [0.29, 0.717) is 44.0 Å². The van der Waals surface area contributed by atoms with Crippen molar-refractivity contribution < 1.29 is 18.7 Å². The predicted octanol–water partition coefficient (Wildman–Crippen LogP) is 3.06. The summed E-state index contributed by atoms with van der Waals surface area (Å²) in [6.45, 7) is 6.58. The molecule has 0 aromatic heterocycles. The smallest absolute Gasteiger partial charge is 0.254 e. The van der Waals surface area contributed by atoms with Gasteiger partial charge in [-0.25, -0.2) is 4.39 Å². The molecule has 3 rings (SSSR count). The first-order valence-electron chi connectivity index (χ1n) is 9.59. The van der Waals surface area contributed by atoms with Crippen LogP contribution in [0.4, 0.5) is 10.1 Å². The number of halogens is 1. The Morgan fingerprint density at radius 2 is 1.83 bits per heavy atom. The van der Waals surface area contributed by atoms with E-state index in [1.165, 1.54) is 20.1 Å². The van der Waals surface area contributed by atoms with E-state index < -0.39 is 0 Å². The lowest BCUT2D eigenvalue weighted by molar-refractivity contribution is -0.114. The van der Waals surface area contributed by atoms with Gasteiger partial charge < -0.3 is 15.0 Å². The second-order valence-corrected chi connectivity index (χ2v) is 7.25. The second kappa shape index (κ2) is 9.05. The van der Waals surface area contributed by atoms with Crippen LogP contribution in [0, 0.1) is 12.7 Å². The van der Waals surface area contributed by atoms with Gasteiger partial charge in [-0.3, -0.25) is 14.5 Å². The first-order chi connectivity index (χ1) is 13.9. The largest absolute Gasteiger partial charge is 0.494 e. The molecule has 1 aliphatic heterocycles. The van der Waals surface area contributed by atoms with Crippen molar-refractivity contribution in [3.05, 3.63) is 58.9 Å². The molecule has 1 aliphatic rings. The standard InChI is InChI=1S/C22H26FN3O3/c1-15-4-6-18(13-20(15)24-16(2)27)22(28)26-10-8-25(9-11-26)14-17-5-7-21(29-3)19(23)12-17/h4-7,12-13H,8-11,14H2,1-3H3,(H,24,27). The zero-order valence-corrected chi connectivity index (χ0v) is 17.0. The predicted molar refractivity (Wildman–Crippen MR) is 110 cm³/mol. The van der Waals surface area contributed by atoms with Gasteiger partial charge >= 0.3 is 0 Å². The summed E-state index contributed by atoms with van der Waals surface area (Å²) >= 11 is 0. The number of nitrogens with one attached hydrogen (secondary N) is 1. The van der Waals surface area contributed by atoms with Gasteiger partial charge in [-0.15, -0.1) is 0 Å². The molecule has 2 aromatic rings. The summed E-state index contributed by atoms with van der Waals surface area (Å²) in [5.41, 5.74) is 3.00. The van der Waals surface area contributed by atoms with E-state index in [1.54, 1.807) is 18.2 Å². The van der Waals surface area contributed by atoms with E-state index in [-0.39, 0.29) is 23.4 Å². The number of methoxy groups -OCH3 is 1. The van der Waals surface area contributed by atoms with Crippen molar-refractivity contribution in [1.29, 1.82) is 0 Å². The number of carbonyl (C=O) groups excluding carboxylic acids is 2. The average Bonchev–Trinajstić information content (AvgIpc) is 2.69. The summed E-state index contributed by atoms with van der Waals surface area (Å²) < 4.78 is 18.8. The van der Waals surface area contributed by atoms with Crippen molar-refractivity contribution in [3.8, 4) is 5.75 Å². The van der Waals surface area contributed by atoms with Crippen LogP contribution in [0.5, 0.6) is 5.75 Å². The highest BCUT2D eigenvalue weighted by Crippen LogP contribution is 2.21. The van der Waals surface area contributed by atoms with E-state index in [9.17, 15) is 14.0 Å². The molecule has 154 valence electrons. The third kappa shape index (κ3) is 5.12. The Morgan fingerprint density at radius 1 is 1.10 bits per heavy atom. The Hall–Kier alpha value is -2.93. The van der Waals surface area contributed by atoms with Gasteiger partial charge in [-0.05, 0) is 42.3 Å². The van der Waals surface area contributed by atoms with Crippen molar-refractivity contribution in [2.24, 2.45) is 0 Å². The number of amides is 2. The Balaban J connectivity index is 1.59. The van der Waals surface area contributed by atoms with E-state index in [2.05, 4.69) is 10.2 Å². The highest BCUT2D eigenvalue weighted by Gasteiger charge is 2.23. The summed E-state index contributed by atoms with van der Waals surface area (Å²) in [5.74, 6) is -0.345. The molecule has 2 aromatic carbocycles. The normalized spacial score (nSPS) is 14.6. The van der Waals surface area contributed by atoms with Gasteiger partial charge in [0.05, 0.1) is 7.11 Å². The minimum absolute atomic E-state index is 0.0493. The van der Waals surface area contributed by atoms with Gasteiger partial charge in [0.15, 0.2) is 11.6 Å². The van der Waals surface area contributed by atoms with Crippen LogP contribution in [0.15, 0.2) is 36.4 Å². The number of ether oxygens (including phenoxy) is 1. The summed E-state index contributed by atoms with van der Waals surface area (Å²) in [4.78, 5) is 28.2. The molecule has 6 nitrogen and oxygen atoms in total. The molecule has 0 unspecified atom stereocenters. The monoisotopic (exact) mass is 399 g/mol. The van der Waals surface area contributed by atoms with Crippen LogP contribution in [0.3, 0.4) is 0 Å². The molecule has 1 saturated heterocycles. The fourth-order valence-corrected chi connectivity index (χ4v) is 3.44. The molecule has 1 heterocycles. The van der Waals surface area contributed by atoms with E-state index >= 15 is 0 Å². The lowest BCUT2D eigenvalue weighted by atomic mass is 10.1. The number of nitrogens with zero attached hydrogens (tertiary/aromatic N) is 2. The first kappa shape index (κ1) is 20.8. The molecule has 2 amide bonds. The molecule has 1 fully saturated rings. The maximum Gasteiger partial charge on any atom is 0.254 e. The number of anilines is 1. The van der Waals surface area contributed by atoms with Crippen LogP contribution in [-0.4, -0.2) is 54.9 Å². The van der Waals surface area contributed by atoms with E-state index in [0.717, 1.165) is 11.1 Å². The number of aryl methyl sites for hydroxylation is 1. The Bertz CT molecular complexity index is 908. The van der Waals surface area contributed by atoms with Crippen molar-refractivity contribution >= 4 is 17.5 Å². The van der Waals surface area contributed by atoms with Crippen molar-refractivity contribution in [3.63, 3.8) is 0 Å². The molecule has 29 heavy (non-hydrogen) atoms. The molecule has 0 saturated carbocycles. The Labute approximate surface area is 170 Å². The van der Waals surface area contributed by atoms with Gasteiger partial charge in [0, 0.05) is 50.9 Å². The summed E-state index contributed by atoms with van der Waals surface area (Å²) in [5, 5.41) is 2.76. The zero-order chi connectivity index (χ0) is 21.0. The fourth-order valence-electron chi connectivity index (χ4n) is 3.44. The van der Waals surface area contributed by atoms with Crippen LogP contribution in [-0.2, 0) is 11.3 Å². The zero-order valence-electron chi connectivity index (χ0n) is 17.0. The summed E-state index contributed by atoms with van der Waals surface area (Å²) in [7, 11) is 1.45. The van der Waals surface area contributed by atoms with E-state index in [4.69, 9.17) is 4.74 Å². The molecule has 0 bridgehead atoms. The molecule has 7 heteroatoms. The average molecular weight is 399 g/mol. The number of hydrogen-bond acceptors (Lipinski definition) is 4. The van der Waals surface area contributed by atoms with Crippen LogP contribution in [0.25, 0.3) is 0 Å². The molecular weight excluding hydrogens is 373 g/mol. The molecule has 0 spiro atoms. The summed E-state index contributed by atoms with van der Waals surface area (Å²) in [6.07, 6.45) is 0. The SMILES string of the molecule is COc1ccc(CN2CCN(C(=O)c3ccc(C)c(NC(C)=O)c3)CC2)cc1F. The summed E-state index contributed by atoms with van der Waals surface area (Å²) in [6, 6.07) is 10.3. The lowest BCUT2D eigenvalue weighted by Gasteiger charge is -2.35. The number of piperazine rings is 1. The number of rotatable bonds is 5. The molecular formula is C22H26FN3O3. The third-order valence-corrected chi connectivity index (χ3v) is 5.08. The highest BCUT2D eigenvalue weighted by atomic mass is 19.1. The van der Waals surface area contributed by atoms with Crippen molar-refractivity contribution in [2.75, 3.05) is 38.6 Å². The van der Waals surface area contributed by atoms with Crippen LogP contribution < -0.4 is 10.1 Å². The quantitative estimate of drug-likeness (QED) is 0.840. The van der Waals surface area contributed by atoms with Crippen LogP contribution in [0.1, 0.15) is 28.4 Å². The Kier molecular flexibility index (Phi) is 6.49. The topological polar surface area (TPSA) is 61.9 Å². The number of carbonyl (C=O) groups is 2. The molecule has 0 radical (unpaired) electrons. The molecule has 0 aliphatic carbocycles. The van der Waals surface area contributed by atoms with Crippen molar-refractivity contribution in [2.45, 2.75) is 20.4 Å². The third-order valence-electron chi connectivity index (χ3n) is 5.08. The van der Waals surface area contributed by atoms with Crippen LogP contribution in [0.2, 0.25) is 0 Å². The van der Waals surface area contributed by atoms with Gasteiger partial charge in [0.1, 0.15) is 0 Å². The highest BCUT2D eigenvalue weighted by molar-refractivity contribution is 5.97. The van der Waals surface area contributed by atoms with E-state index in [1.807, 2.05) is 24.0 Å². The van der Waals surface area contributed by atoms with Gasteiger partial charge in [-0.2, -0.15) is 0 Å². The number of benzene rings is 2. The lowest BCUT2D eigenvalue weighted by Crippen LogP contribution is -2.48. The first-order valence-corrected chi connectivity index (χ1v) is 9.59. The molecule has 0 atom stereocenters. The van der Waals surface area contributed by atoms with Gasteiger partial charge in [0.2, 0.25) is 5.91 Å². The van der Waals surface area contributed by atoms with Gasteiger partial charge in [-0.1, -0.05) is 12.1 Å². The molecule has 1 N–H and O–H groups in total. The maximum absolute atomic E-state index is 13.9.